The predicted octanol–water partition coefficient (Wildman–Crippen LogP) is 1.46. The quantitative estimate of drug-likeness (QED) is 0.484. The van der Waals surface area contributed by atoms with Crippen molar-refractivity contribution >= 4 is 28.5 Å². The van der Waals surface area contributed by atoms with Crippen LogP contribution in [-0.4, -0.2) is 47.3 Å². The maximum absolute atomic E-state index is 12.7. The minimum Gasteiger partial charge on any atom is -0.370 e. The van der Waals surface area contributed by atoms with E-state index >= 15 is 0 Å². The van der Waals surface area contributed by atoms with Crippen LogP contribution in [0.5, 0.6) is 0 Å². The van der Waals surface area contributed by atoms with Gasteiger partial charge in [-0.05, 0) is 17.9 Å². The Morgan fingerprint density at radius 2 is 2.00 bits per heavy atom. The highest BCUT2D eigenvalue weighted by atomic mass is 35.5. The molecule has 10 nitrogen and oxygen atoms in total. The van der Waals surface area contributed by atoms with Crippen LogP contribution >= 0.6 is 11.6 Å². The van der Waals surface area contributed by atoms with Crippen molar-refractivity contribution in [3.05, 3.63) is 58.2 Å². The second-order valence-electron chi connectivity index (χ2n) is 7.87. The molecule has 2 aliphatic rings. The Kier molecular flexibility index (Phi) is 3.73. The summed E-state index contributed by atoms with van der Waals surface area (Å²) in [4.78, 5) is 32.0. The number of halogens is 1. The van der Waals surface area contributed by atoms with Gasteiger partial charge < -0.3 is 14.0 Å². The molecule has 0 unspecified atom stereocenters. The van der Waals surface area contributed by atoms with Gasteiger partial charge in [-0.1, -0.05) is 16.8 Å². The third-order valence-corrected chi connectivity index (χ3v) is 6.24. The van der Waals surface area contributed by atoms with Gasteiger partial charge in [-0.15, -0.1) is 0 Å². The number of imidazole rings is 1. The van der Waals surface area contributed by atoms with E-state index in [0.717, 1.165) is 18.8 Å². The number of anilines is 1. The number of piperidine rings is 1. The molecule has 152 valence electrons. The average molecular weight is 425 g/mol. The number of rotatable bonds is 4. The van der Waals surface area contributed by atoms with Gasteiger partial charge in [0.2, 0.25) is 5.89 Å². The second kappa shape index (κ2) is 6.36. The Bertz CT molecular complexity index is 1320. The van der Waals surface area contributed by atoms with E-state index < -0.39 is 0 Å². The molecule has 6 rings (SSSR count). The Labute approximate surface area is 175 Å². The minimum absolute atomic E-state index is 0.183. The summed E-state index contributed by atoms with van der Waals surface area (Å²) in [5.41, 5.74) is 1.73. The van der Waals surface area contributed by atoms with Gasteiger partial charge in [-0.2, -0.15) is 4.98 Å². The third-order valence-electron chi connectivity index (χ3n) is 6.04. The summed E-state index contributed by atoms with van der Waals surface area (Å²) in [5.74, 6) is 2.39. The van der Waals surface area contributed by atoms with Gasteiger partial charge in [0.15, 0.2) is 17.0 Å². The largest absolute Gasteiger partial charge is 0.370 e. The maximum Gasteiger partial charge on any atom is 0.280 e. The lowest BCUT2D eigenvalue weighted by Crippen LogP contribution is -2.24. The highest BCUT2D eigenvalue weighted by molar-refractivity contribution is 6.30. The Morgan fingerprint density at radius 3 is 2.80 bits per heavy atom. The van der Waals surface area contributed by atoms with Crippen LogP contribution < -0.4 is 10.5 Å². The Balaban J connectivity index is 1.17. The molecule has 0 amide bonds. The highest BCUT2D eigenvalue weighted by Crippen LogP contribution is 2.57. The lowest BCUT2D eigenvalue weighted by Gasteiger charge is -2.21. The molecule has 5 heterocycles. The van der Waals surface area contributed by atoms with E-state index in [0.29, 0.717) is 45.7 Å². The molecule has 0 aromatic carbocycles. The zero-order valence-electron chi connectivity index (χ0n) is 16.0. The summed E-state index contributed by atoms with van der Waals surface area (Å²) in [5, 5.41) is 4.82. The molecule has 1 saturated heterocycles. The summed E-state index contributed by atoms with van der Waals surface area (Å²) in [6.07, 6.45) is 6.51. The maximum atomic E-state index is 12.7. The van der Waals surface area contributed by atoms with Crippen molar-refractivity contribution in [2.24, 2.45) is 18.9 Å². The first-order chi connectivity index (χ1) is 14.6. The van der Waals surface area contributed by atoms with Gasteiger partial charge in [0.05, 0.1) is 23.2 Å². The minimum atomic E-state index is -0.186. The molecular weight excluding hydrogens is 408 g/mol. The second-order valence-corrected chi connectivity index (χ2v) is 8.31. The van der Waals surface area contributed by atoms with Crippen LogP contribution in [-0.2, 0) is 13.6 Å². The molecule has 4 aromatic rings. The summed E-state index contributed by atoms with van der Waals surface area (Å²) in [6.45, 7) is 2.02. The van der Waals surface area contributed by atoms with E-state index in [9.17, 15) is 4.79 Å². The first kappa shape index (κ1) is 17.6. The molecule has 11 heteroatoms. The molecule has 1 saturated carbocycles. The van der Waals surface area contributed by atoms with Crippen molar-refractivity contribution in [3.63, 3.8) is 0 Å². The molecule has 0 radical (unpaired) electrons. The summed E-state index contributed by atoms with van der Waals surface area (Å²) in [6, 6.07) is 1.94. The van der Waals surface area contributed by atoms with Crippen molar-refractivity contribution in [1.29, 1.82) is 0 Å². The fourth-order valence-electron chi connectivity index (χ4n) is 4.49. The van der Waals surface area contributed by atoms with Crippen molar-refractivity contribution in [2.45, 2.75) is 12.5 Å². The van der Waals surface area contributed by atoms with Crippen molar-refractivity contribution in [2.75, 3.05) is 18.0 Å². The SMILES string of the molecule is Cn1cnc2ncn(Cc3nc([C@@H]4[C@@H]5CN(c6cncc(Cl)c6)C[C@@H]54)no3)c(=O)c21. The number of fused-ring (bicyclic) bond motifs is 2. The smallest absolute Gasteiger partial charge is 0.280 e. The fraction of sp³-hybridized carbons (Fsp3) is 0.368. The van der Waals surface area contributed by atoms with Gasteiger partial charge in [0.25, 0.3) is 5.56 Å². The topological polar surface area (TPSA) is 108 Å². The van der Waals surface area contributed by atoms with E-state index in [4.69, 9.17) is 16.1 Å². The normalized spacial score (nSPS) is 22.6. The monoisotopic (exact) mass is 424 g/mol. The van der Waals surface area contributed by atoms with Gasteiger partial charge in [-0.25, -0.2) is 9.97 Å². The fourth-order valence-corrected chi connectivity index (χ4v) is 4.66. The van der Waals surface area contributed by atoms with Crippen LogP contribution in [0.15, 0.2) is 40.4 Å². The highest BCUT2D eigenvalue weighted by Gasteiger charge is 2.58. The number of aryl methyl sites for hydroxylation is 1. The van der Waals surface area contributed by atoms with Crippen LogP contribution in [0.3, 0.4) is 0 Å². The van der Waals surface area contributed by atoms with E-state index in [1.54, 1.807) is 24.1 Å². The van der Waals surface area contributed by atoms with E-state index in [1.807, 2.05) is 12.3 Å². The van der Waals surface area contributed by atoms with Crippen molar-refractivity contribution < 1.29 is 4.52 Å². The van der Waals surface area contributed by atoms with Crippen LogP contribution in [0, 0.1) is 11.8 Å². The molecule has 30 heavy (non-hydrogen) atoms. The van der Waals surface area contributed by atoms with Crippen LogP contribution in [0.2, 0.25) is 5.02 Å². The molecule has 3 atom stereocenters. The number of aromatic nitrogens is 7. The summed E-state index contributed by atoms with van der Waals surface area (Å²) in [7, 11) is 1.77. The van der Waals surface area contributed by atoms with Gasteiger partial charge in [0, 0.05) is 32.3 Å². The lowest BCUT2D eigenvalue weighted by molar-refractivity contribution is 0.363. The molecule has 4 aromatic heterocycles. The average Bonchev–Trinajstić information content (AvgIpc) is 3.16. The number of pyridine rings is 1. The molecular formula is C19H17ClN8O2. The first-order valence-corrected chi connectivity index (χ1v) is 10.0. The van der Waals surface area contributed by atoms with Crippen molar-refractivity contribution in [3.8, 4) is 0 Å². The number of hydrogen-bond acceptors (Lipinski definition) is 8. The molecule has 0 bridgehead atoms. The zero-order valence-corrected chi connectivity index (χ0v) is 16.8. The van der Waals surface area contributed by atoms with E-state index in [-0.39, 0.29) is 12.1 Å². The molecule has 1 aliphatic carbocycles. The van der Waals surface area contributed by atoms with Crippen LogP contribution in [0.1, 0.15) is 17.6 Å². The van der Waals surface area contributed by atoms with Gasteiger partial charge >= 0.3 is 0 Å². The van der Waals surface area contributed by atoms with Gasteiger partial charge in [0.1, 0.15) is 12.9 Å². The van der Waals surface area contributed by atoms with E-state index in [1.165, 1.54) is 10.9 Å². The van der Waals surface area contributed by atoms with Crippen LogP contribution in [0.25, 0.3) is 11.2 Å². The van der Waals surface area contributed by atoms with E-state index in [2.05, 4.69) is 30.0 Å². The lowest BCUT2D eigenvalue weighted by atomic mass is 10.2. The Morgan fingerprint density at radius 1 is 1.20 bits per heavy atom. The van der Waals surface area contributed by atoms with Gasteiger partial charge in [-0.3, -0.25) is 14.3 Å². The standard InChI is InChI=1S/C19H17ClN8O2/c1-26-8-22-18-16(26)19(29)28(9-23-18)7-14-24-17(25-30-14)15-12-5-27(6-13(12)15)11-2-10(20)3-21-4-11/h2-4,8-9,12-13,15H,5-7H2,1H3/t12-,13+,15-. The Hall–Kier alpha value is -3.27. The number of nitrogens with zero attached hydrogens (tertiary/aromatic N) is 8. The first-order valence-electron chi connectivity index (χ1n) is 9.63. The zero-order chi connectivity index (χ0) is 20.4. The number of hydrogen-bond donors (Lipinski definition) is 0. The summed E-state index contributed by atoms with van der Waals surface area (Å²) >= 11 is 6.06. The molecule has 2 fully saturated rings. The van der Waals surface area contributed by atoms with Crippen LogP contribution in [0.4, 0.5) is 5.69 Å². The van der Waals surface area contributed by atoms with Crippen molar-refractivity contribution in [1.82, 2.24) is 34.2 Å². The third kappa shape index (κ3) is 2.71. The molecule has 0 spiro atoms. The molecule has 1 aliphatic heterocycles. The predicted molar refractivity (Wildman–Crippen MR) is 107 cm³/mol. The molecule has 0 N–H and O–H groups in total. The summed E-state index contributed by atoms with van der Waals surface area (Å²) < 4.78 is 8.55.